The summed E-state index contributed by atoms with van der Waals surface area (Å²) in [5, 5.41) is 0. The Labute approximate surface area is 98.9 Å². The van der Waals surface area contributed by atoms with Crippen molar-refractivity contribution in [2.24, 2.45) is 0 Å². The number of carbonyl (C=O) groups excluding carboxylic acids is 1. The van der Waals surface area contributed by atoms with Crippen LogP contribution in [0.25, 0.3) is 10.6 Å². The van der Waals surface area contributed by atoms with Crippen LogP contribution in [-0.4, -0.2) is 22.9 Å². The highest BCUT2D eigenvalue weighted by atomic mass is 32.1. The summed E-state index contributed by atoms with van der Waals surface area (Å²) in [6.45, 7) is -2.96. The van der Waals surface area contributed by atoms with Crippen LogP contribution in [0.2, 0.25) is 0 Å². The zero-order chi connectivity index (χ0) is 12.3. The maximum absolute atomic E-state index is 12.1. The van der Waals surface area contributed by atoms with E-state index in [-0.39, 0.29) is 11.6 Å². The molecule has 0 spiro atoms. The van der Waals surface area contributed by atoms with E-state index in [1.807, 2.05) is 0 Å². The number of halogens is 2. The van der Waals surface area contributed by atoms with Gasteiger partial charge in [-0.1, -0.05) is 0 Å². The van der Waals surface area contributed by atoms with Crippen LogP contribution >= 0.6 is 11.3 Å². The van der Waals surface area contributed by atoms with Gasteiger partial charge in [0, 0.05) is 12.4 Å². The average Bonchev–Trinajstić information content (AvgIpc) is 2.77. The van der Waals surface area contributed by atoms with Crippen molar-refractivity contribution in [1.82, 2.24) is 9.97 Å². The Morgan fingerprint density at radius 3 is 2.71 bits per heavy atom. The van der Waals surface area contributed by atoms with Gasteiger partial charge in [0.25, 0.3) is 0 Å². The highest BCUT2D eigenvalue weighted by molar-refractivity contribution is 7.17. The van der Waals surface area contributed by atoms with E-state index in [1.54, 1.807) is 12.1 Å². The van der Waals surface area contributed by atoms with E-state index in [4.69, 9.17) is 0 Å². The average molecular weight is 256 g/mol. The number of thiophene rings is 1. The van der Waals surface area contributed by atoms with Crippen molar-refractivity contribution >= 4 is 17.6 Å². The van der Waals surface area contributed by atoms with Gasteiger partial charge in [0.2, 0.25) is 5.88 Å². The van der Waals surface area contributed by atoms with Gasteiger partial charge in [-0.3, -0.25) is 4.79 Å². The third kappa shape index (κ3) is 2.62. The van der Waals surface area contributed by atoms with Gasteiger partial charge in [0.1, 0.15) is 5.69 Å². The normalized spacial score (nSPS) is 10.5. The van der Waals surface area contributed by atoms with Gasteiger partial charge in [0.15, 0.2) is 6.29 Å². The fraction of sp³-hybridized carbons (Fsp3) is 0.100. The summed E-state index contributed by atoms with van der Waals surface area (Å²) in [6, 6.07) is 3.19. The smallest absolute Gasteiger partial charge is 0.388 e. The molecule has 2 rings (SSSR count). The molecule has 88 valence electrons. The first kappa shape index (κ1) is 11.6. The van der Waals surface area contributed by atoms with Crippen LogP contribution < -0.4 is 4.74 Å². The van der Waals surface area contributed by atoms with Crippen molar-refractivity contribution in [2.45, 2.75) is 6.61 Å². The van der Waals surface area contributed by atoms with Crippen molar-refractivity contribution in [1.29, 1.82) is 0 Å². The van der Waals surface area contributed by atoms with Gasteiger partial charge in [0.05, 0.1) is 9.75 Å². The van der Waals surface area contributed by atoms with E-state index >= 15 is 0 Å². The molecule has 0 bridgehead atoms. The Balaban J connectivity index is 2.40. The van der Waals surface area contributed by atoms with Crippen molar-refractivity contribution in [3.05, 3.63) is 29.4 Å². The molecule has 0 aliphatic heterocycles. The van der Waals surface area contributed by atoms with Crippen molar-refractivity contribution < 1.29 is 18.3 Å². The molecule has 0 amide bonds. The molecule has 2 heterocycles. The number of carbonyl (C=O) groups is 1. The van der Waals surface area contributed by atoms with E-state index < -0.39 is 6.61 Å². The highest BCUT2D eigenvalue weighted by Crippen LogP contribution is 2.31. The van der Waals surface area contributed by atoms with Crippen molar-refractivity contribution in [3.63, 3.8) is 0 Å². The summed E-state index contributed by atoms with van der Waals surface area (Å²) in [5.74, 6) is -0.248. The summed E-state index contributed by atoms with van der Waals surface area (Å²) in [6.07, 6.45) is 3.31. The van der Waals surface area contributed by atoms with Crippen LogP contribution in [0.1, 0.15) is 9.67 Å². The maximum Gasteiger partial charge on any atom is 0.388 e. The molecule has 2 aromatic rings. The minimum Gasteiger partial charge on any atom is -0.415 e. The lowest BCUT2D eigenvalue weighted by Gasteiger charge is -2.06. The van der Waals surface area contributed by atoms with Gasteiger partial charge in [-0.05, 0) is 12.1 Å². The van der Waals surface area contributed by atoms with E-state index in [0.29, 0.717) is 16.0 Å². The second-order valence-corrected chi connectivity index (χ2v) is 4.02. The topological polar surface area (TPSA) is 52.1 Å². The zero-order valence-corrected chi connectivity index (χ0v) is 9.16. The number of aldehydes is 1. The molecule has 2 aromatic heterocycles. The third-order valence-corrected chi connectivity index (χ3v) is 2.86. The second kappa shape index (κ2) is 4.96. The first-order chi connectivity index (χ1) is 8.20. The zero-order valence-electron chi connectivity index (χ0n) is 8.34. The van der Waals surface area contributed by atoms with Crippen LogP contribution in [-0.2, 0) is 0 Å². The Kier molecular flexibility index (Phi) is 3.38. The van der Waals surface area contributed by atoms with E-state index in [2.05, 4.69) is 14.7 Å². The molecule has 0 aliphatic carbocycles. The Hall–Kier alpha value is -1.89. The number of nitrogens with zero attached hydrogens (tertiary/aromatic N) is 2. The predicted octanol–water partition coefficient (Wildman–Crippen LogP) is 2.62. The summed E-state index contributed by atoms with van der Waals surface area (Å²) >= 11 is 1.13. The molecule has 17 heavy (non-hydrogen) atoms. The number of aromatic nitrogens is 2. The van der Waals surface area contributed by atoms with Gasteiger partial charge < -0.3 is 4.74 Å². The Bertz CT molecular complexity index is 531. The molecule has 0 aromatic carbocycles. The van der Waals surface area contributed by atoms with Crippen LogP contribution in [0.4, 0.5) is 8.78 Å². The Morgan fingerprint density at radius 1 is 1.29 bits per heavy atom. The summed E-state index contributed by atoms with van der Waals surface area (Å²) in [7, 11) is 0. The fourth-order valence-electron chi connectivity index (χ4n) is 1.21. The van der Waals surface area contributed by atoms with Crippen LogP contribution in [0, 0.1) is 0 Å². The Morgan fingerprint density at radius 2 is 2.06 bits per heavy atom. The maximum atomic E-state index is 12.1. The van der Waals surface area contributed by atoms with E-state index in [9.17, 15) is 13.6 Å². The van der Waals surface area contributed by atoms with Crippen LogP contribution in [0.3, 0.4) is 0 Å². The highest BCUT2D eigenvalue weighted by Gasteiger charge is 2.15. The second-order valence-electron chi connectivity index (χ2n) is 2.91. The monoisotopic (exact) mass is 256 g/mol. The minimum absolute atomic E-state index is 0.200. The lowest BCUT2D eigenvalue weighted by atomic mass is 10.3. The summed E-state index contributed by atoms with van der Waals surface area (Å²) in [5.41, 5.74) is 0.200. The molecule has 0 fully saturated rings. The lowest BCUT2D eigenvalue weighted by Crippen LogP contribution is -2.05. The number of rotatable bonds is 4. The van der Waals surface area contributed by atoms with E-state index in [0.717, 1.165) is 11.3 Å². The third-order valence-electron chi connectivity index (χ3n) is 1.84. The van der Waals surface area contributed by atoms with E-state index in [1.165, 1.54) is 12.4 Å². The molecule has 0 saturated heterocycles. The van der Waals surface area contributed by atoms with Crippen LogP contribution in [0.5, 0.6) is 5.88 Å². The molecule has 0 radical (unpaired) electrons. The molecule has 0 aliphatic rings. The first-order valence-electron chi connectivity index (χ1n) is 4.52. The quantitative estimate of drug-likeness (QED) is 0.789. The largest absolute Gasteiger partial charge is 0.415 e. The van der Waals surface area contributed by atoms with Gasteiger partial charge in [-0.2, -0.15) is 8.78 Å². The number of alkyl halides is 2. The molecule has 4 nitrogen and oxygen atoms in total. The SMILES string of the molecule is O=Cc1ccc(-c2nccnc2OC(F)F)s1. The molecule has 0 N–H and O–H groups in total. The molecule has 0 atom stereocenters. The van der Waals surface area contributed by atoms with Crippen molar-refractivity contribution in [2.75, 3.05) is 0 Å². The number of hydrogen-bond acceptors (Lipinski definition) is 5. The predicted molar refractivity (Wildman–Crippen MR) is 57.4 cm³/mol. The molecule has 7 heteroatoms. The summed E-state index contributed by atoms with van der Waals surface area (Å²) in [4.78, 5) is 19.2. The van der Waals surface area contributed by atoms with Gasteiger partial charge in [-0.15, -0.1) is 11.3 Å². The number of ether oxygens (including phenoxy) is 1. The fourth-order valence-corrected chi connectivity index (χ4v) is 2.02. The molecular weight excluding hydrogens is 250 g/mol. The van der Waals surface area contributed by atoms with Gasteiger partial charge in [-0.25, -0.2) is 9.97 Å². The van der Waals surface area contributed by atoms with Crippen molar-refractivity contribution in [3.8, 4) is 16.5 Å². The van der Waals surface area contributed by atoms with Gasteiger partial charge >= 0.3 is 6.61 Å². The molecule has 0 unspecified atom stereocenters. The molecular formula is C10H6F2N2O2S. The first-order valence-corrected chi connectivity index (χ1v) is 5.33. The standard InChI is InChI=1S/C10H6F2N2O2S/c11-10(12)16-9-8(13-3-4-14-9)7-2-1-6(5-15)17-7/h1-5,10H. The minimum atomic E-state index is -2.96. The van der Waals surface area contributed by atoms with Crippen LogP contribution in [0.15, 0.2) is 24.5 Å². The lowest BCUT2D eigenvalue weighted by molar-refractivity contribution is -0.0526. The summed E-state index contributed by atoms with van der Waals surface area (Å²) < 4.78 is 28.5. The molecule has 0 saturated carbocycles. The number of hydrogen-bond donors (Lipinski definition) is 0.